The summed E-state index contributed by atoms with van der Waals surface area (Å²) < 4.78 is 12.9. The molecule has 0 heterocycles. The molecule has 2 N–H and O–H groups in total. The van der Waals surface area contributed by atoms with E-state index in [2.05, 4.69) is 5.10 Å². The summed E-state index contributed by atoms with van der Waals surface area (Å²) in [6, 6.07) is 3.42. The highest BCUT2D eigenvalue weighted by Gasteiger charge is 2.12. The second-order valence-corrected chi connectivity index (χ2v) is 2.25. The van der Waals surface area contributed by atoms with Crippen LogP contribution in [0.15, 0.2) is 23.3 Å². The zero-order chi connectivity index (χ0) is 9.84. The van der Waals surface area contributed by atoms with E-state index in [1.54, 1.807) is 0 Å². The van der Waals surface area contributed by atoms with Crippen LogP contribution >= 0.6 is 0 Å². The quantitative estimate of drug-likeness (QED) is 0.321. The molecular formula is C7H6FN3O2. The highest BCUT2D eigenvalue weighted by molar-refractivity contribution is 5.79. The first kappa shape index (κ1) is 9.11. The zero-order valence-corrected chi connectivity index (χ0v) is 6.48. The molecule has 0 bridgehead atoms. The third-order valence-electron chi connectivity index (χ3n) is 1.39. The number of hydrogen-bond acceptors (Lipinski definition) is 4. The molecule has 1 rings (SSSR count). The Hall–Kier alpha value is -1.98. The van der Waals surface area contributed by atoms with Gasteiger partial charge >= 0.3 is 5.69 Å². The van der Waals surface area contributed by atoms with Crippen LogP contribution in [-0.2, 0) is 0 Å². The summed E-state index contributed by atoms with van der Waals surface area (Å²) in [5.41, 5.74) is -0.181. The van der Waals surface area contributed by atoms with E-state index >= 15 is 0 Å². The first-order chi connectivity index (χ1) is 6.15. The molecule has 1 aromatic rings. The zero-order valence-electron chi connectivity index (χ0n) is 6.48. The molecule has 1 aromatic carbocycles. The number of nitrogens with two attached hydrogens (primary N) is 1. The predicted octanol–water partition coefficient (Wildman–Crippen LogP) is 1.03. The number of rotatable bonds is 2. The van der Waals surface area contributed by atoms with Crippen molar-refractivity contribution in [1.29, 1.82) is 0 Å². The number of nitro benzene ring substituents is 1. The second-order valence-electron chi connectivity index (χ2n) is 2.25. The molecular weight excluding hydrogens is 177 g/mol. The summed E-state index contributed by atoms with van der Waals surface area (Å²) in [5, 5.41) is 13.4. The van der Waals surface area contributed by atoms with Crippen molar-refractivity contribution in [3.63, 3.8) is 0 Å². The minimum atomic E-state index is -0.901. The first-order valence-corrected chi connectivity index (χ1v) is 3.32. The molecule has 5 nitrogen and oxygen atoms in total. The summed E-state index contributed by atoms with van der Waals surface area (Å²) in [6.45, 7) is 0. The Morgan fingerprint density at radius 1 is 1.62 bits per heavy atom. The van der Waals surface area contributed by atoms with Crippen LogP contribution in [0.25, 0.3) is 0 Å². The van der Waals surface area contributed by atoms with Crippen molar-refractivity contribution in [2.75, 3.05) is 0 Å². The molecule has 0 amide bonds. The maximum absolute atomic E-state index is 12.9. The van der Waals surface area contributed by atoms with Crippen molar-refractivity contribution in [2.24, 2.45) is 10.9 Å². The third-order valence-corrected chi connectivity index (χ3v) is 1.39. The molecule has 68 valence electrons. The van der Waals surface area contributed by atoms with Crippen molar-refractivity contribution in [2.45, 2.75) is 0 Å². The molecule has 13 heavy (non-hydrogen) atoms. The summed E-state index contributed by atoms with van der Waals surface area (Å²) in [4.78, 5) is 9.41. The second kappa shape index (κ2) is 3.61. The molecule has 0 aliphatic heterocycles. The van der Waals surface area contributed by atoms with Crippen LogP contribution in [0.4, 0.5) is 10.1 Å². The lowest BCUT2D eigenvalue weighted by molar-refractivity contribution is -0.387. The number of halogens is 1. The van der Waals surface area contributed by atoms with Gasteiger partial charge in [0.25, 0.3) is 0 Å². The number of benzene rings is 1. The fourth-order valence-electron chi connectivity index (χ4n) is 0.838. The summed E-state index contributed by atoms with van der Waals surface area (Å²) in [5.74, 6) is 3.92. The van der Waals surface area contributed by atoms with Crippen molar-refractivity contribution in [3.05, 3.63) is 39.7 Å². The van der Waals surface area contributed by atoms with Crippen LogP contribution in [0.5, 0.6) is 0 Å². The average Bonchev–Trinajstić information content (AvgIpc) is 2.04. The Morgan fingerprint density at radius 3 is 2.77 bits per heavy atom. The largest absolute Gasteiger partial charge is 0.323 e. The summed E-state index contributed by atoms with van der Waals surface area (Å²) in [7, 11) is 0. The Morgan fingerprint density at radius 2 is 2.31 bits per heavy atom. The SMILES string of the molecule is NN=Cc1ccc([N+](=O)[O-])c(F)c1. The molecule has 0 unspecified atom stereocenters. The van der Waals surface area contributed by atoms with E-state index in [0.29, 0.717) is 5.56 Å². The van der Waals surface area contributed by atoms with Crippen LogP contribution in [0.3, 0.4) is 0 Å². The van der Waals surface area contributed by atoms with Gasteiger partial charge in [0.15, 0.2) is 0 Å². The Bertz CT molecular complexity index is 365. The molecule has 0 aromatic heterocycles. The molecule has 0 atom stereocenters. The minimum absolute atomic E-state index is 0.380. The maximum atomic E-state index is 12.9. The van der Waals surface area contributed by atoms with E-state index in [9.17, 15) is 14.5 Å². The van der Waals surface area contributed by atoms with Gasteiger partial charge in [-0.2, -0.15) is 9.49 Å². The van der Waals surface area contributed by atoms with Crippen molar-refractivity contribution in [3.8, 4) is 0 Å². The number of hydrazone groups is 1. The van der Waals surface area contributed by atoms with Gasteiger partial charge in [-0.15, -0.1) is 0 Å². The van der Waals surface area contributed by atoms with Crippen molar-refractivity contribution < 1.29 is 9.31 Å². The average molecular weight is 183 g/mol. The molecule has 0 spiro atoms. The van der Waals surface area contributed by atoms with Gasteiger partial charge in [-0.05, 0) is 17.7 Å². The molecule has 0 aliphatic carbocycles. The number of nitro groups is 1. The van der Waals surface area contributed by atoms with E-state index in [4.69, 9.17) is 5.84 Å². The van der Waals surface area contributed by atoms with Crippen LogP contribution in [0.2, 0.25) is 0 Å². The lowest BCUT2D eigenvalue weighted by Crippen LogP contribution is -1.94. The Balaban J connectivity index is 3.12. The monoisotopic (exact) mass is 183 g/mol. The lowest BCUT2D eigenvalue weighted by atomic mass is 10.2. The van der Waals surface area contributed by atoms with E-state index in [-0.39, 0.29) is 0 Å². The standard InChI is InChI=1S/C7H6FN3O2/c8-6-3-5(4-10-9)1-2-7(6)11(12)13/h1-4H,9H2. The summed E-state index contributed by atoms with van der Waals surface area (Å²) >= 11 is 0. The van der Waals surface area contributed by atoms with Crippen LogP contribution in [0.1, 0.15) is 5.56 Å². The summed E-state index contributed by atoms with van der Waals surface area (Å²) in [6.07, 6.45) is 1.20. The Labute approximate surface area is 72.8 Å². The molecule has 6 heteroatoms. The molecule has 0 fully saturated rings. The van der Waals surface area contributed by atoms with Gasteiger partial charge in [0.1, 0.15) is 0 Å². The fourth-order valence-corrected chi connectivity index (χ4v) is 0.838. The van der Waals surface area contributed by atoms with Crippen molar-refractivity contribution >= 4 is 11.9 Å². The normalized spacial score (nSPS) is 10.5. The smallest absolute Gasteiger partial charge is 0.304 e. The predicted molar refractivity (Wildman–Crippen MR) is 44.8 cm³/mol. The molecule has 0 aliphatic rings. The number of nitrogens with zero attached hydrogens (tertiary/aromatic N) is 2. The molecule has 0 saturated heterocycles. The Kier molecular flexibility index (Phi) is 2.53. The highest BCUT2D eigenvalue weighted by Crippen LogP contribution is 2.16. The van der Waals surface area contributed by atoms with Crippen LogP contribution in [0, 0.1) is 15.9 Å². The minimum Gasteiger partial charge on any atom is -0.323 e. The van der Waals surface area contributed by atoms with Gasteiger partial charge in [0, 0.05) is 6.07 Å². The maximum Gasteiger partial charge on any atom is 0.304 e. The van der Waals surface area contributed by atoms with Gasteiger partial charge in [0.2, 0.25) is 5.82 Å². The molecule has 0 saturated carbocycles. The van der Waals surface area contributed by atoms with Gasteiger partial charge in [-0.25, -0.2) is 0 Å². The van der Waals surface area contributed by atoms with Crippen molar-refractivity contribution in [1.82, 2.24) is 0 Å². The van der Waals surface area contributed by atoms with Gasteiger partial charge in [-0.1, -0.05) is 0 Å². The van der Waals surface area contributed by atoms with E-state index in [1.807, 2.05) is 0 Å². The molecule has 0 radical (unpaired) electrons. The van der Waals surface area contributed by atoms with Crippen LogP contribution in [-0.4, -0.2) is 11.1 Å². The topological polar surface area (TPSA) is 81.5 Å². The van der Waals surface area contributed by atoms with E-state index in [0.717, 1.165) is 12.1 Å². The first-order valence-electron chi connectivity index (χ1n) is 3.32. The lowest BCUT2D eigenvalue weighted by Gasteiger charge is -1.94. The highest BCUT2D eigenvalue weighted by atomic mass is 19.1. The van der Waals surface area contributed by atoms with E-state index in [1.165, 1.54) is 12.3 Å². The van der Waals surface area contributed by atoms with E-state index < -0.39 is 16.4 Å². The third kappa shape index (κ3) is 1.98. The van der Waals surface area contributed by atoms with Gasteiger partial charge < -0.3 is 5.84 Å². The fraction of sp³-hybridized carbons (Fsp3) is 0. The van der Waals surface area contributed by atoms with Gasteiger partial charge in [0.05, 0.1) is 11.1 Å². The number of hydrogen-bond donors (Lipinski definition) is 1. The van der Waals surface area contributed by atoms with Gasteiger partial charge in [-0.3, -0.25) is 10.1 Å². The van der Waals surface area contributed by atoms with Crippen LogP contribution < -0.4 is 5.84 Å².